The number of carbonyl (C=O) groups is 1. The zero-order valence-corrected chi connectivity index (χ0v) is 14.8. The molecule has 0 saturated heterocycles. The highest BCUT2D eigenvalue weighted by molar-refractivity contribution is 9.10. The number of hydrogen-bond donors (Lipinski definition) is 0. The molecule has 2 nitrogen and oxygen atoms in total. The van der Waals surface area contributed by atoms with Crippen LogP contribution in [0.2, 0.25) is 0 Å². The van der Waals surface area contributed by atoms with Crippen LogP contribution >= 0.6 is 27.5 Å². The van der Waals surface area contributed by atoms with Gasteiger partial charge in [-0.2, -0.15) is 0 Å². The number of hydrogen-bond acceptors (Lipinski definition) is 2. The van der Waals surface area contributed by atoms with Gasteiger partial charge in [-0.25, -0.2) is 4.98 Å². The summed E-state index contributed by atoms with van der Waals surface area (Å²) in [4.78, 5) is 16.6. The molecule has 3 aromatic carbocycles. The molecule has 0 aliphatic heterocycles. The van der Waals surface area contributed by atoms with Crippen LogP contribution in [-0.4, -0.2) is 10.2 Å². The lowest BCUT2D eigenvalue weighted by molar-refractivity contribution is 0.108. The molecule has 0 saturated carbocycles. The van der Waals surface area contributed by atoms with Crippen molar-refractivity contribution in [1.29, 1.82) is 0 Å². The van der Waals surface area contributed by atoms with Gasteiger partial charge in [0, 0.05) is 21.0 Å². The summed E-state index contributed by atoms with van der Waals surface area (Å²) in [6.07, 6.45) is 0. The topological polar surface area (TPSA) is 30.0 Å². The van der Waals surface area contributed by atoms with E-state index < -0.39 is 5.24 Å². The van der Waals surface area contributed by atoms with E-state index in [9.17, 15) is 4.79 Å². The fraction of sp³-hybridized carbons (Fsp3) is 0. The molecule has 1 aromatic heterocycles. The Bertz CT molecular complexity index is 1110. The maximum atomic E-state index is 11.9. The lowest BCUT2D eigenvalue weighted by atomic mass is 10.0. The van der Waals surface area contributed by atoms with Crippen molar-refractivity contribution in [3.8, 4) is 11.3 Å². The van der Waals surface area contributed by atoms with Crippen molar-refractivity contribution < 1.29 is 4.79 Å². The van der Waals surface area contributed by atoms with Crippen LogP contribution in [0.1, 0.15) is 10.4 Å². The van der Waals surface area contributed by atoms with E-state index in [0.717, 1.165) is 32.0 Å². The van der Waals surface area contributed by atoms with E-state index in [1.165, 1.54) is 5.39 Å². The quantitative estimate of drug-likeness (QED) is 0.378. The van der Waals surface area contributed by atoms with E-state index >= 15 is 0 Å². The van der Waals surface area contributed by atoms with Crippen LogP contribution in [0.15, 0.2) is 71.2 Å². The maximum absolute atomic E-state index is 11.9. The van der Waals surface area contributed by atoms with Gasteiger partial charge in [-0.3, -0.25) is 4.79 Å². The molecule has 0 unspecified atom stereocenters. The zero-order chi connectivity index (χ0) is 16.7. The smallest absolute Gasteiger partial charge is 0.253 e. The minimum absolute atomic E-state index is 0.464. The van der Waals surface area contributed by atoms with Crippen LogP contribution in [0.4, 0.5) is 0 Å². The summed E-state index contributed by atoms with van der Waals surface area (Å²) in [5.74, 6) is 0. The largest absolute Gasteiger partial charge is 0.276 e. The van der Waals surface area contributed by atoms with Crippen molar-refractivity contribution in [2.24, 2.45) is 0 Å². The molecule has 4 heteroatoms. The predicted octanol–water partition coefficient (Wildman–Crippen LogP) is 6.20. The second-order valence-corrected chi connectivity index (χ2v) is 6.81. The van der Waals surface area contributed by atoms with Crippen molar-refractivity contribution in [2.75, 3.05) is 0 Å². The van der Waals surface area contributed by atoms with Gasteiger partial charge in [0.2, 0.25) is 0 Å². The van der Waals surface area contributed by atoms with Gasteiger partial charge in [0.15, 0.2) is 0 Å². The summed E-state index contributed by atoms with van der Waals surface area (Å²) in [6.45, 7) is 0. The minimum Gasteiger partial charge on any atom is -0.276 e. The Morgan fingerprint density at radius 3 is 2.50 bits per heavy atom. The van der Waals surface area contributed by atoms with E-state index in [4.69, 9.17) is 16.6 Å². The number of benzene rings is 3. The summed E-state index contributed by atoms with van der Waals surface area (Å²) in [6, 6.07) is 21.7. The Morgan fingerprint density at radius 2 is 1.71 bits per heavy atom. The van der Waals surface area contributed by atoms with Crippen LogP contribution in [0.25, 0.3) is 32.9 Å². The molecule has 24 heavy (non-hydrogen) atoms. The second-order valence-electron chi connectivity index (χ2n) is 5.55. The number of fused-ring (bicyclic) bond motifs is 2. The lowest BCUT2D eigenvalue weighted by Crippen LogP contribution is -1.96. The fourth-order valence-electron chi connectivity index (χ4n) is 2.86. The highest BCUT2D eigenvalue weighted by Gasteiger charge is 2.13. The standard InChI is InChI=1S/C20H11BrClNO/c21-15-7-8-18-16(10-15)17(20(22)24)11-19(23-18)14-6-5-12-3-1-2-4-13(12)9-14/h1-11H. The molecule has 4 rings (SSSR count). The van der Waals surface area contributed by atoms with Gasteiger partial charge in [0.25, 0.3) is 5.24 Å². The van der Waals surface area contributed by atoms with Gasteiger partial charge < -0.3 is 0 Å². The fourth-order valence-corrected chi connectivity index (χ4v) is 3.37. The van der Waals surface area contributed by atoms with E-state index in [-0.39, 0.29) is 0 Å². The van der Waals surface area contributed by atoms with Crippen molar-refractivity contribution in [1.82, 2.24) is 4.98 Å². The summed E-state index contributed by atoms with van der Waals surface area (Å²) in [5, 5.41) is 2.56. The number of aromatic nitrogens is 1. The third-order valence-corrected chi connectivity index (χ3v) is 4.72. The average Bonchev–Trinajstić information content (AvgIpc) is 2.60. The zero-order valence-electron chi connectivity index (χ0n) is 12.5. The number of carbonyl (C=O) groups excluding carboxylic acids is 1. The molecule has 4 aromatic rings. The Kier molecular flexibility index (Phi) is 3.83. The van der Waals surface area contributed by atoms with Gasteiger partial charge in [0.1, 0.15) is 0 Å². The molecule has 0 atom stereocenters. The molecule has 0 fully saturated rings. The van der Waals surface area contributed by atoms with Crippen molar-refractivity contribution in [2.45, 2.75) is 0 Å². The molecular weight excluding hydrogens is 386 g/mol. The first-order valence-corrected chi connectivity index (χ1v) is 8.58. The van der Waals surface area contributed by atoms with Gasteiger partial charge in [0.05, 0.1) is 11.2 Å². The molecule has 0 amide bonds. The number of pyridine rings is 1. The van der Waals surface area contributed by atoms with Gasteiger partial charge in [-0.1, -0.05) is 52.3 Å². The van der Waals surface area contributed by atoms with E-state index in [1.807, 2.05) is 36.4 Å². The molecule has 116 valence electrons. The summed E-state index contributed by atoms with van der Waals surface area (Å²) in [7, 11) is 0. The molecule has 0 N–H and O–H groups in total. The Hall–Kier alpha value is -2.23. The Balaban J connectivity index is 1.98. The first-order valence-electron chi connectivity index (χ1n) is 7.41. The van der Waals surface area contributed by atoms with Crippen molar-refractivity contribution in [3.05, 3.63) is 76.8 Å². The molecule has 0 radical (unpaired) electrons. The normalized spacial score (nSPS) is 11.1. The first kappa shape index (κ1) is 15.3. The molecule has 0 aliphatic rings. The molecule has 1 heterocycles. The molecule has 0 spiro atoms. The minimum atomic E-state index is -0.484. The Labute approximate surface area is 152 Å². The van der Waals surface area contributed by atoms with E-state index in [2.05, 4.69) is 40.2 Å². The average molecular weight is 397 g/mol. The monoisotopic (exact) mass is 395 g/mol. The molecule has 0 aliphatic carbocycles. The maximum Gasteiger partial charge on any atom is 0.253 e. The third-order valence-electron chi connectivity index (χ3n) is 4.03. The van der Waals surface area contributed by atoms with Crippen molar-refractivity contribution >= 4 is 54.4 Å². The molecular formula is C20H11BrClNO. The molecule has 0 bridgehead atoms. The second kappa shape index (κ2) is 6.00. The summed E-state index contributed by atoms with van der Waals surface area (Å²) < 4.78 is 0.884. The van der Waals surface area contributed by atoms with Gasteiger partial charge in [-0.15, -0.1) is 0 Å². The number of halogens is 2. The van der Waals surface area contributed by atoms with Gasteiger partial charge >= 0.3 is 0 Å². The highest BCUT2D eigenvalue weighted by atomic mass is 79.9. The van der Waals surface area contributed by atoms with Crippen molar-refractivity contribution in [3.63, 3.8) is 0 Å². The number of nitrogens with zero attached hydrogens (tertiary/aromatic N) is 1. The third kappa shape index (κ3) is 2.70. The first-order chi connectivity index (χ1) is 11.6. The van der Waals surface area contributed by atoms with Crippen LogP contribution in [0.3, 0.4) is 0 Å². The number of rotatable bonds is 2. The van der Waals surface area contributed by atoms with E-state index in [0.29, 0.717) is 5.56 Å². The van der Waals surface area contributed by atoms with Crippen LogP contribution in [0.5, 0.6) is 0 Å². The van der Waals surface area contributed by atoms with Crippen LogP contribution < -0.4 is 0 Å². The van der Waals surface area contributed by atoms with Crippen LogP contribution in [0, 0.1) is 0 Å². The summed E-state index contributed by atoms with van der Waals surface area (Å²) in [5.41, 5.74) is 2.90. The SMILES string of the molecule is O=C(Cl)c1cc(-c2ccc3ccccc3c2)nc2ccc(Br)cc12. The Morgan fingerprint density at radius 1 is 0.917 bits per heavy atom. The summed E-state index contributed by atoms with van der Waals surface area (Å²) >= 11 is 9.23. The van der Waals surface area contributed by atoms with Crippen LogP contribution in [-0.2, 0) is 0 Å². The lowest BCUT2D eigenvalue weighted by Gasteiger charge is -2.09. The highest BCUT2D eigenvalue weighted by Crippen LogP contribution is 2.29. The van der Waals surface area contributed by atoms with Gasteiger partial charge in [-0.05, 0) is 52.7 Å². The van der Waals surface area contributed by atoms with E-state index in [1.54, 1.807) is 6.07 Å². The predicted molar refractivity (Wildman–Crippen MR) is 103 cm³/mol.